The number of nitrogens with one attached hydrogen (secondary N) is 1. The van der Waals surface area contributed by atoms with E-state index in [4.69, 9.17) is 4.74 Å². The van der Waals surface area contributed by atoms with Gasteiger partial charge in [0.1, 0.15) is 0 Å². The monoisotopic (exact) mass is 701 g/mol. The predicted molar refractivity (Wildman–Crippen MR) is 190 cm³/mol. The highest BCUT2D eigenvalue weighted by molar-refractivity contribution is 7.22. The maximum Gasteiger partial charge on any atom is 0.355 e. The number of carbonyl (C=O) groups is 1. The summed E-state index contributed by atoms with van der Waals surface area (Å²) >= 11 is 2.82. The minimum atomic E-state index is -1.13. The lowest BCUT2D eigenvalue weighted by atomic mass is 9.90. The largest absolute Gasteiger partial charge is 0.491 e. The molecule has 0 radical (unpaired) electrons. The second kappa shape index (κ2) is 15.3. The van der Waals surface area contributed by atoms with Crippen LogP contribution in [0.1, 0.15) is 44.9 Å². The molecule has 11 nitrogen and oxygen atoms in total. The number of aromatic nitrogens is 4. The number of aromatic carboxylic acids is 1. The van der Waals surface area contributed by atoms with E-state index in [0.717, 1.165) is 21.3 Å². The molecule has 4 heterocycles. The number of para-hydroxylation sites is 1. The molecule has 0 aliphatic carbocycles. The average molecular weight is 702 g/mol. The summed E-state index contributed by atoms with van der Waals surface area (Å²) in [5.74, 6) is 5.71. The molecule has 0 saturated carbocycles. The third-order valence-corrected chi connectivity index (χ3v) is 10.1. The molecule has 5 aromatic rings. The van der Waals surface area contributed by atoms with Gasteiger partial charge in [-0.05, 0) is 83.0 Å². The molecular formula is C35H36FN7O4S2. The molecule has 1 aliphatic heterocycles. The molecule has 0 spiro atoms. The van der Waals surface area contributed by atoms with E-state index in [1.165, 1.54) is 28.7 Å². The fourth-order valence-electron chi connectivity index (χ4n) is 5.59. The molecule has 0 fully saturated rings. The fourth-order valence-corrected chi connectivity index (χ4v) is 7.56. The van der Waals surface area contributed by atoms with Gasteiger partial charge < -0.3 is 25.2 Å². The SMILES string of the molecule is Cc1c(Nc2nc3ccccc3s2)nnc2c1C[C@@H](CCO)CN2c1nc(C(=O)O)c(CCCOc2ccc(C#CCN(C)C)cc2F)s1. The van der Waals surface area contributed by atoms with Gasteiger partial charge in [0, 0.05) is 34.7 Å². The van der Waals surface area contributed by atoms with E-state index < -0.39 is 11.8 Å². The molecule has 3 N–H and O–H groups in total. The summed E-state index contributed by atoms with van der Waals surface area (Å²) in [5.41, 5.74) is 3.30. The summed E-state index contributed by atoms with van der Waals surface area (Å²) in [6.07, 6.45) is 2.09. The number of aliphatic hydroxyl groups excluding tert-OH is 1. The van der Waals surface area contributed by atoms with Crippen molar-refractivity contribution in [3.8, 4) is 17.6 Å². The Labute approximate surface area is 291 Å². The van der Waals surface area contributed by atoms with Crippen LogP contribution >= 0.6 is 22.7 Å². The van der Waals surface area contributed by atoms with Gasteiger partial charge in [-0.25, -0.2) is 19.2 Å². The quantitative estimate of drug-likeness (QED) is 0.104. The number of halogens is 1. The van der Waals surface area contributed by atoms with E-state index in [9.17, 15) is 19.4 Å². The van der Waals surface area contributed by atoms with Gasteiger partial charge in [-0.3, -0.25) is 4.90 Å². The van der Waals surface area contributed by atoms with Crippen molar-refractivity contribution < 1.29 is 24.1 Å². The maximum atomic E-state index is 14.7. The minimum absolute atomic E-state index is 0.0267. The molecule has 2 aromatic carbocycles. The van der Waals surface area contributed by atoms with Crippen LogP contribution in [0.5, 0.6) is 5.75 Å². The number of hydrogen-bond acceptors (Lipinski definition) is 12. The van der Waals surface area contributed by atoms with Crippen molar-refractivity contribution in [3.63, 3.8) is 0 Å². The molecular weight excluding hydrogens is 666 g/mol. The topological polar surface area (TPSA) is 137 Å². The molecule has 1 aliphatic rings. The van der Waals surface area contributed by atoms with Gasteiger partial charge >= 0.3 is 5.97 Å². The summed E-state index contributed by atoms with van der Waals surface area (Å²) in [4.78, 5) is 25.9. The van der Waals surface area contributed by atoms with Crippen molar-refractivity contribution in [1.29, 1.82) is 0 Å². The molecule has 6 rings (SSSR count). The number of rotatable bonds is 12. The zero-order valence-electron chi connectivity index (χ0n) is 27.4. The van der Waals surface area contributed by atoms with Crippen LogP contribution in [-0.2, 0) is 12.8 Å². The van der Waals surface area contributed by atoms with Crippen LogP contribution in [-0.4, -0.2) is 81.6 Å². The minimum Gasteiger partial charge on any atom is -0.491 e. The number of hydrogen-bond donors (Lipinski definition) is 3. The normalized spacial score (nSPS) is 14.1. The number of anilines is 4. The van der Waals surface area contributed by atoms with Crippen molar-refractivity contribution in [2.75, 3.05) is 50.6 Å². The molecule has 0 saturated heterocycles. The smallest absolute Gasteiger partial charge is 0.355 e. The van der Waals surface area contributed by atoms with E-state index in [1.807, 2.05) is 55.1 Å². The summed E-state index contributed by atoms with van der Waals surface area (Å²) in [6.45, 7) is 3.28. The van der Waals surface area contributed by atoms with Gasteiger partial charge in [0.05, 0.1) is 23.4 Å². The van der Waals surface area contributed by atoms with Crippen molar-refractivity contribution in [2.24, 2.45) is 5.92 Å². The third kappa shape index (κ3) is 7.97. The Morgan fingerprint density at radius 1 is 1.18 bits per heavy atom. The molecule has 14 heteroatoms. The van der Waals surface area contributed by atoms with Crippen LogP contribution in [0.25, 0.3) is 10.2 Å². The Kier molecular flexibility index (Phi) is 10.6. The Morgan fingerprint density at radius 2 is 2.02 bits per heavy atom. The van der Waals surface area contributed by atoms with Crippen molar-refractivity contribution >= 4 is 60.8 Å². The molecule has 0 unspecified atom stereocenters. The Morgan fingerprint density at radius 3 is 2.78 bits per heavy atom. The molecule has 0 bridgehead atoms. The number of nitrogens with zero attached hydrogens (tertiary/aromatic N) is 6. The van der Waals surface area contributed by atoms with Crippen LogP contribution in [0.2, 0.25) is 0 Å². The first kappa shape index (κ1) is 34.2. The van der Waals surface area contributed by atoms with Crippen LogP contribution in [0.4, 0.5) is 26.3 Å². The van der Waals surface area contributed by atoms with Gasteiger partial charge in [0.15, 0.2) is 39.2 Å². The first-order chi connectivity index (χ1) is 23.7. The van der Waals surface area contributed by atoms with Gasteiger partial charge in [0.25, 0.3) is 0 Å². The number of aryl methyl sites for hydroxylation is 1. The summed E-state index contributed by atoms with van der Waals surface area (Å²) < 4.78 is 21.4. The Bertz CT molecular complexity index is 2000. The maximum absolute atomic E-state index is 14.7. The highest BCUT2D eigenvalue weighted by Crippen LogP contribution is 2.41. The number of carboxylic acid groups (broad SMARTS) is 1. The Balaban J connectivity index is 1.18. The van der Waals surface area contributed by atoms with Crippen LogP contribution in [0.15, 0.2) is 42.5 Å². The molecule has 3 aromatic heterocycles. The van der Waals surface area contributed by atoms with E-state index >= 15 is 0 Å². The van der Waals surface area contributed by atoms with Crippen LogP contribution in [0, 0.1) is 30.5 Å². The average Bonchev–Trinajstić information content (AvgIpc) is 3.69. The zero-order chi connectivity index (χ0) is 34.5. The molecule has 254 valence electrons. The van der Waals surface area contributed by atoms with E-state index in [1.54, 1.807) is 12.1 Å². The highest BCUT2D eigenvalue weighted by Gasteiger charge is 2.32. The first-order valence-corrected chi connectivity index (χ1v) is 17.5. The molecule has 1 atom stereocenters. The summed E-state index contributed by atoms with van der Waals surface area (Å²) in [5, 5.41) is 33.5. The number of carboxylic acids is 1. The first-order valence-electron chi connectivity index (χ1n) is 15.9. The number of fused-ring (bicyclic) bond motifs is 2. The second-order valence-corrected chi connectivity index (χ2v) is 14.1. The van der Waals surface area contributed by atoms with Gasteiger partial charge in [-0.15, -0.1) is 21.5 Å². The van der Waals surface area contributed by atoms with E-state index in [-0.39, 0.29) is 30.6 Å². The number of benzene rings is 2. The number of aliphatic hydroxyl groups is 1. The standard InChI is InChI=1S/C35H36FN7O4S2/c1-21-24-18-23(14-16-44)20-43(32(24)41-40-31(21)39-34-37-26-9-4-5-10-28(26)48-34)35-38-30(33(45)46)29(49-35)11-7-17-47-27-13-12-22(19-25(27)36)8-6-15-42(2)3/h4-5,9-10,12-13,19,23,44H,7,11,14-18,20H2,1-3H3,(H,45,46)(H,37,39,40)/t23-/m1/s1. The Hall–Kier alpha value is -4.68. The number of ether oxygens (including phenoxy) is 1. The van der Waals surface area contributed by atoms with Crippen molar-refractivity contribution in [3.05, 3.63) is 75.5 Å². The van der Waals surface area contributed by atoms with E-state index in [0.29, 0.717) is 71.1 Å². The lowest BCUT2D eigenvalue weighted by Gasteiger charge is -2.34. The van der Waals surface area contributed by atoms with Gasteiger partial charge in [-0.2, -0.15) is 0 Å². The van der Waals surface area contributed by atoms with Gasteiger partial charge in [0.2, 0.25) is 0 Å². The van der Waals surface area contributed by atoms with Crippen molar-refractivity contribution in [2.45, 2.75) is 32.6 Å². The van der Waals surface area contributed by atoms with Crippen LogP contribution in [0.3, 0.4) is 0 Å². The predicted octanol–water partition coefficient (Wildman–Crippen LogP) is 6.05. The summed E-state index contributed by atoms with van der Waals surface area (Å²) in [6, 6.07) is 12.5. The van der Waals surface area contributed by atoms with Gasteiger partial charge in [-0.1, -0.05) is 35.3 Å². The third-order valence-electron chi connectivity index (χ3n) is 8.05. The molecule has 49 heavy (non-hydrogen) atoms. The van der Waals surface area contributed by atoms with Crippen LogP contribution < -0.4 is 15.0 Å². The van der Waals surface area contributed by atoms with E-state index in [2.05, 4.69) is 37.3 Å². The number of thiazole rings is 2. The second-order valence-electron chi connectivity index (χ2n) is 12.0. The lowest BCUT2D eigenvalue weighted by Crippen LogP contribution is -2.34. The molecule has 0 amide bonds. The summed E-state index contributed by atoms with van der Waals surface area (Å²) in [7, 11) is 3.82. The highest BCUT2D eigenvalue weighted by atomic mass is 32.1. The van der Waals surface area contributed by atoms with Crippen molar-refractivity contribution in [1.82, 2.24) is 25.1 Å². The zero-order valence-corrected chi connectivity index (χ0v) is 29.0. The lowest BCUT2D eigenvalue weighted by molar-refractivity contribution is 0.0690. The fraction of sp³-hybridized carbons (Fsp3) is 0.343.